The number of thioether (sulfide) groups is 1. The molecule has 3 rings (SSSR count). The van der Waals surface area contributed by atoms with Gasteiger partial charge in [0, 0.05) is 6.42 Å². The van der Waals surface area contributed by atoms with Crippen LogP contribution in [0, 0.1) is 5.82 Å². The lowest BCUT2D eigenvalue weighted by Gasteiger charge is -2.08. The summed E-state index contributed by atoms with van der Waals surface area (Å²) in [6.45, 7) is 2.09. The Morgan fingerprint density at radius 1 is 1.26 bits per heavy atom. The van der Waals surface area contributed by atoms with Crippen molar-refractivity contribution in [2.24, 2.45) is 0 Å². The third-order valence-electron chi connectivity index (χ3n) is 3.83. The quantitative estimate of drug-likeness (QED) is 0.564. The van der Waals surface area contributed by atoms with Crippen LogP contribution in [0.3, 0.4) is 0 Å². The second kappa shape index (κ2) is 9.01. The highest BCUT2D eigenvalue weighted by Gasteiger charge is 2.14. The number of carbonyl (C=O) groups excluding carboxylic acids is 1. The number of benzene rings is 2. The lowest BCUT2D eigenvalue weighted by Crippen LogP contribution is -2.14. The molecule has 0 saturated carbocycles. The molecule has 0 fully saturated rings. The van der Waals surface area contributed by atoms with E-state index in [4.69, 9.17) is 16.0 Å². The third-order valence-corrected chi connectivity index (χ3v) is 4.96. The van der Waals surface area contributed by atoms with Gasteiger partial charge in [-0.3, -0.25) is 4.79 Å². The molecule has 0 aliphatic heterocycles. The smallest absolute Gasteiger partial charge is 0.277 e. The van der Waals surface area contributed by atoms with Crippen molar-refractivity contribution in [3.63, 3.8) is 0 Å². The van der Waals surface area contributed by atoms with E-state index in [1.807, 2.05) is 18.2 Å². The monoisotopic (exact) mass is 405 g/mol. The average Bonchev–Trinajstić information content (AvgIpc) is 3.10. The standard InChI is InChI=1S/C19H17ClFN3O2S/c1-12(13-5-3-2-4-6-13)9-18-23-24-19(26-18)27-11-17(25)22-16-8-7-14(21)10-15(16)20/h2-8,10,12H,9,11H2,1H3,(H,22,25). The largest absolute Gasteiger partial charge is 0.416 e. The van der Waals surface area contributed by atoms with Gasteiger partial charge in [0.15, 0.2) is 0 Å². The van der Waals surface area contributed by atoms with Gasteiger partial charge < -0.3 is 9.73 Å². The van der Waals surface area contributed by atoms with Crippen LogP contribution in [0.5, 0.6) is 0 Å². The first-order valence-corrected chi connectivity index (χ1v) is 9.62. The zero-order valence-corrected chi connectivity index (χ0v) is 16.1. The van der Waals surface area contributed by atoms with Gasteiger partial charge in [0.25, 0.3) is 5.22 Å². The van der Waals surface area contributed by atoms with Crippen LogP contribution in [-0.2, 0) is 11.2 Å². The second-order valence-corrected chi connectivity index (χ2v) is 7.27. The number of hydrogen-bond acceptors (Lipinski definition) is 5. The fourth-order valence-corrected chi connectivity index (χ4v) is 3.24. The number of rotatable bonds is 7. The van der Waals surface area contributed by atoms with E-state index in [0.717, 1.165) is 17.8 Å². The van der Waals surface area contributed by atoms with E-state index in [2.05, 4.69) is 34.6 Å². The first kappa shape index (κ1) is 19.4. The van der Waals surface area contributed by atoms with Gasteiger partial charge in [-0.25, -0.2) is 4.39 Å². The summed E-state index contributed by atoms with van der Waals surface area (Å²) in [7, 11) is 0. The normalized spacial score (nSPS) is 12.0. The van der Waals surface area contributed by atoms with E-state index >= 15 is 0 Å². The van der Waals surface area contributed by atoms with Gasteiger partial charge in [-0.15, -0.1) is 10.2 Å². The number of carbonyl (C=O) groups is 1. The first-order chi connectivity index (χ1) is 13.0. The minimum absolute atomic E-state index is 0.0730. The summed E-state index contributed by atoms with van der Waals surface area (Å²) in [6, 6.07) is 13.9. The van der Waals surface area contributed by atoms with Crippen molar-refractivity contribution in [2.45, 2.75) is 24.5 Å². The fraction of sp³-hybridized carbons (Fsp3) is 0.211. The number of anilines is 1. The molecule has 1 unspecified atom stereocenters. The highest BCUT2D eigenvalue weighted by molar-refractivity contribution is 7.99. The molecule has 1 amide bonds. The molecule has 1 atom stereocenters. The van der Waals surface area contributed by atoms with Gasteiger partial charge in [0.2, 0.25) is 11.8 Å². The molecule has 1 N–H and O–H groups in total. The van der Waals surface area contributed by atoms with Crippen molar-refractivity contribution in [3.8, 4) is 0 Å². The molecule has 1 aromatic heterocycles. The molecule has 0 aliphatic rings. The minimum Gasteiger partial charge on any atom is -0.416 e. The minimum atomic E-state index is -0.463. The van der Waals surface area contributed by atoms with Gasteiger partial charge in [-0.05, 0) is 29.7 Å². The van der Waals surface area contributed by atoms with Crippen LogP contribution >= 0.6 is 23.4 Å². The van der Waals surface area contributed by atoms with Crippen molar-refractivity contribution >= 4 is 35.0 Å². The second-order valence-electron chi connectivity index (χ2n) is 5.94. The van der Waals surface area contributed by atoms with E-state index in [-0.39, 0.29) is 22.6 Å². The third kappa shape index (κ3) is 5.55. The Bertz CT molecular complexity index is 920. The van der Waals surface area contributed by atoms with Crippen LogP contribution in [0.15, 0.2) is 58.2 Å². The summed E-state index contributed by atoms with van der Waals surface area (Å²) < 4.78 is 18.6. The summed E-state index contributed by atoms with van der Waals surface area (Å²) in [4.78, 5) is 12.0. The summed E-state index contributed by atoms with van der Waals surface area (Å²) in [5.41, 5.74) is 1.55. The zero-order chi connectivity index (χ0) is 19.2. The molecule has 140 valence electrons. The van der Waals surface area contributed by atoms with Crippen molar-refractivity contribution in [1.29, 1.82) is 0 Å². The van der Waals surface area contributed by atoms with Gasteiger partial charge in [-0.2, -0.15) is 0 Å². The van der Waals surface area contributed by atoms with Crippen molar-refractivity contribution < 1.29 is 13.6 Å². The van der Waals surface area contributed by atoms with Crippen LogP contribution in [0.1, 0.15) is 24.3 Å². The van der Waals surface area contributed by atoms with Crippen LogP contribution in [0.4, 0.5) is 10.1 Å². The SMILES string of the molecule is CC(Cc1nnc(SCC(=O)Nc2ccc(F)cc2Cl)o1)c1ccccc1. The van der Waals surface area contributed by atoms with E-state index in [1.165, 1.54) is 17.7 Å². The number of nitrogens with zero attached hydrogens (tertiary/aromatic N) is 2. The van der Waals surface area contributed by atoms with Crippen LogP contribution in [-0.4, -0.2) is 21.9 Å². The van der Waals surface area contributed by atoms with E-state index in [9.17, 15) is 9.18 Å². The summed E-state index contributed by atoms with van der Waals surface area (Å²) in [5, 5.41) is 11.1. The number of halogens is 2. The van der Waals surface area contributed by atoms with Crippen LogP contribution < -0.4 is 5.32 Å². The Kier molecular flexibility index (Phi) is 6.47. The van der Waals surface area contributed by atoms with E-state index in [1.54, 1.807) is 0 Å². The summed E-state index contributed by atoms with van der Waals surface area (Å²) >= 11 is 7.02. The van der Waals surface area contributed by atoms with E-state index in [0.29, 0.717) is 23.2 Å². The van der Waals surface area contributed by atoms with Gasteiger partial charge in [-0.1, -0.05) is 60.6 Å². The maximum Gasteiger partial charge on any atom is 0.277 e. The topological polar surface area (TPSA) is 68.0 Å². The maximum absolute atomic E-state index is 13.0. The van der Waals surface area contributed by atoms with Crippen molar-refractivity contribution in [2.75, 3.05) is 11.1 Å². The van der Waals surface area contributed by atoms with Crippen LogP contribution in [0.2, 0.25) is 5.02 Å². The zero-order valence-electron chi connectivity index (χ0n) is 14.5. The molecule has 1 heterocycles. The maximum atomic E-state index is 13.0. The Morgan fingerprint density at radius 3 is 2.78 bits per heavy atom. The molecule has 8 heteroatoms. The van der Waals surface area contributed by atoms with Gasteiger partial charge >= 0.3 is 0 Å². The van der Waals surface area contributed by atoms with Gasteiger partial charge in [0.1, 0.15) is 5.82 Å². The molecule has 27 heavy (non-hydrogen) atoms. The Balaban J connectivity index is 1.51. The number of nitrogens with one attached hydrogen (secondary N) is 1. The molecule has 0 spiro atoms. The summed E-state index contributed by atoms with van der Waals surface area (Å²) in [6.07, 6.45) is 0.620. The molecule has 0 aliphatic carbocycles. The predicted molar refractivity (Wildman–Crippen MR) is 104 cm³/mol. The lowest BCUT2D eigenvalue weighted by molar-refractivity contribution is -0.113. The van der Waals surface area contributed by atoms with Crippen LogP contribution in [0.25, 0.3) is 0 Å². The molecule has 0 saturated heterocycles. The average molecular weight is 406 g/mol. The highest BCUT2D eigenvalue weighted by atomic mass is 35.5. The molecular formula is C19H17ClFN3O2S. The number of amides is 1. The number of hydrogen-bond donors (Lipinski definition) is 1. The Hall–Kier alpha value is -2.38. The number of aromatic nitrogens is 2. The molecule has 0 bridgehead atoms. The van der Waals surface area contributed by atoms with Gasteiger partial charge in [0.05, 0.1) is 16.5 Å². The van der Waals surface area contributed by atoms with Crippen molar-refractivity contribution in [3.05, 3.63) is 70.8 Å². The Labute approximate surface area is 165 Å². The molecule has 3 aromatic rings. The molecule has 5 nitrogen and oxygen atoms in total. The predicted octanol–water partition coefficient (Wildman–Crippen LogP) is 4.94. The fourth-order valence-electron chi connectivity index (χ4n) is 2.44. The highest BCUT2D eigenvalue weighted by Crippen LogP contribution is 2.24. The Morgan fingerprint density at radius 2 is 2.04 bits per heavy atom. The lowest BCUT2D eigenvalue weighted by atomic mass is 9.98. The van der Waals surface area contributed by atoms with E-state index < -0.39 is 5.82 Å². The molecule has 0 radical (unpaired) electrons. The first-order valence-electron chi connectivity index (χ1n) is 8.26. The molecular weight excluding hydrogens is 389 g/mol. The van der Waals surface area contributed by atoms with Crippen molar-refractivity contribution in [1.82, 2.24) is 10.2 Å². The molecule has 2 aromatic carbocycles. The summed E-state index contributed by atoms with van der Waals surface area (Å²) in [5.74, 6) is 0.0782.